The quantitative estimate of drug-likeness (QED) is 0.663. The maximum absolute atomic E-state index is 12.2. The molecule has 1 fully saturated rings. The predicted octanol–water partition coefficient (Wildman–Crippen LogP) is 1.86. The Hall–Kier alpha value is -1.83. The summed E-state index contributed by atoms with van der Waals surface area (Å²) in [5.41, 5.74) is 0.691. The molecular formula is C19H32N4O3. The number of benzene rings is 1. The first-order chi connectivity index (χ1) is 12.7. The second kappa shape index (κ2) is 11.7. The maximum Gasteiger partial charge on any atom is 0.319 e. The number of morpholine rings is 1. The molecule has 0 aromatic heterocycles. The number of nitrogens with one attached hydrogen (secondary N) is 2. The molecule has 0 radical (unpaired) electrons. The third-order valence-corrected chi connectivity index (χ3v) is 4.51. The number of amides is 2. The summed E-state index contributed by atoms with van der Waals surface area (Å²) in [6, 6.07) is 7.33. The second-order valence-electron chi connectivity index (χ2n) is 6.21. The minimum absolute atomic E-state index is 0.210. The van der Waals surface area contributed by atoms with E-state index in [0.29, 0.717) is 24.6 Å². The van der Waals surface area contributed by atoms with Crippen molar-refractivity contribution in [2.24, 2.45) is 0 Å². The number of hydrogen-bond donors (Lipinski definition) is 2. The number of hydrogen-bond acceptors (Lipinski definition) is 5. The average Bonchev–Trinajstić information content (AvgIpc) is 2.67. The molecule has 7 nitrogen and oxygen atoms in total. The Morgan fingerprint density at radius 3 is 2.69 bits per heavy atom. The van der Waals surface area contributed by atoms with Gasteiger partial charge in [0.05, 0.1) is 18.9 Å². The molecule has 0 aliphatic carbocycles. The van der Waals surface area contributed by atoms with E-state index in [1.54, 1.807) is 0 Å². The van der Waals surface area contributed by atoms with E-state index < -0.39 is 0 Å². The van der Waals surface area contributed by atoms with Gasteiger partial charge in [0, 0.05) is 32.7 Å². The van der Waals surface area contributed by atoms with E-state index in [1.165, 1.54) is 0 Å². The molecule has 2 N–H and O–H groups in total. The van der Waals surface area contributed by atoms with Crippen molar-refractivity contribution in [3.8, 4) is 5.75 Å². The fourth-order valence-electron chi connectivity index (χ4n) is 2.84. The van der Waals surface area contributed by atoms with Crippen molar-refractivity contribution in [2.75, 3.05) is 71.0 Å². The number of ether oxygens (including phenoxy) is 2. The molecule has 0 saturated carbocycles. The molecule has 2 amide bonds. The van der Waals surface area contributed by atoms with Crippen molar-refractivity contribution in [1.29, 1.82) is 0 Å². The van der Waals surface area contributed by atoms with Crippen molar-refractivity contribution in [1.82, 2.24) is 15.1 Å². The van der Waals surface area contributed by atoms with Crippen LogP contribution < -0.4 is 15.4 Å². The summed E-state index contributed by atoms with van der Waals surface area (Å²) in [5.74, 6) is 0.697. The van der Waals surface area contributed by atoms with Gasteiger partial charge < -0.3 is 25.0 Å². The fraction of sp³-hybridized carbons (Fsp3) is 0.632. The van der Waals surface area contributed by atoms with Crippen LogP contribution in [-0.2, 0) is 4.74 Å². The number of nitrogens with zero attached hydrogens (tertiary/aromatic N) is 2. The molecule has 0 unspecified atom stereocenters. The first kappa shape index (κ1) is 20.5. The highest BCUT2D eigenvalue weighted by atomic mass is 16.5. The van der Waals surface area contributed by atoms with Crippen molar-refractivity contribution < 1.29 is 14.3 Å². The lowest BCUT2D eigenvalue weighted by Gasteiger charge is -2.26. The zero-order chi connectivity index (χ0) is 18.6. The van der Waals surface area contributed by atoms with E-state index in [1.807, 2.05) is 24.3 Å². The SMILES string of the molecule is CCN(CC)CCOc1ccccc1NC(=O)NCCN1CCOCC1. The van der Waals surface area contributed by atoms with Crippen LogP contribution in [0.15, 0.2) is 24.3 Å². The van der Waals surface area contributed by atoms with Gasteiger partial charge in [0.2, 0.25) is 0 Å². The van der Waals surface area contributed by atoms with Crippen LogP contribution in [0.25, 0.3) is 0 Å². The molecule has 2 rings (SSSR count). The number of anilines is 1. The Balaban J connectivity index is 1.74. The molecule has 7 heteroatoms. The largest absolute Gasteiger partial charge is 0.490 e. The standard InChI is InChI=1S/C19H32N4O3/c1-3-22(4-2)13-16-26-18-8-6-5-7-17(18)21-19(24)20-9-10-23-11-14-25-15-12-23/h5-8H,3-4,9-16H2,1-2H3,(H2,20,21,24). The van der Waals surface area contributed by atoms with Crippen LogP contribution in [0.4, 0.5) is 10.5 Å². The average molecular weight is 364 g/mol. The van der Waals surface area contributed by atoms with Crippen LogP contribution in [0, 0.1) is 0 Å². The van der Waals surface area contributed by atoms with E-state index in [2.05, 4.69) is 34.3 Å². The van der Waals surface area contributed by atoms with Crippen molar-refractivity contribution in [3.05, 3.63) is 24.3 Å². The highest BCUT2D eigenvalue weighted by Crippen LogP contribution is 2.23. The molecule has 1 aliphatic rings. The minimum Gasteiger partial charge on any atom is -0.490 e. The van der Waals surface area contributed by atoms with Crippen LogP contribution in [0.3, 0.4) is 0 Å². The zero-order valence-electron chi connectivity index (χ0n) is 16.0. The molecule has 146 valence electrons. The number of carbonyl (C=O) groups excluding carboxylic acids is 1. The highest BCUT2D eigenvalue weighted by Gasteiger charge is 2.11. The van der Waals surface area contributed by atoms with Gasteiger partial charge in [-0.3, -0.25) is 4.90 Å². The fourth-order valence-corrected chi connectivity index (χ4v) is 2.84. The summed E-state index contributed by atoms with van der Waals surface area (Å²) >= 11 is 0. The molecule has 26 heavy (non-hydrogen) atoms. The molecule has 1 aromatic carbocycles. The van der Waals surface area contributed by atoms with Gasteiger partial charge in [0.15, 0.2) is 0 Å². The Morgan fingerprint density at radius 2 is 1.96 bits per heavy atom. The Morgan fingerprint density at radius 1 is 1.23 bits per heavy atom. The van der Waals surface area contributed by atoms with Gasteiger partial charge in [0.1, 0.15) is 12.4 Å². The molecule has 1 aromatic rings. The molecule has 0 atom stereocenters. The van der Waals surface area contributed by atoms with Gasteiger partial charge in [-0.2, -0.15) is 0 Å². The number of likely N-dealkylation sites (N-methyl/N-ethyl adjacent to an activating group) is 1. The van der Waals surface area contributed by atoms with Crippen molar-refractivity contribution >= 4 is 11.7 Å². The first-order valence-electron chi connectivity index (χ1n) is 9.52. The van der Waals surface area contributed by atoms with Crippen molar-refractivity contribution in [2.45, 2.75) is 13.8 Å². The predicted molar refractivity (Wildman–Crippen MR) is 104 cm³/mol. The number of urea groups is 1. The van der Waals surface area contributed by atoms with Crippen LogP contribution in [0.1, 0.15) is 13.8 Å². The van der Waals surface area contributed by atoms with Gasteiger partial charge >= 0.3 is 6.03 Å². The molecule has 0 bridgehead atoms. The lowest BCUT2D eigenvalue weighted by atomic mass is 10.3. The van der Waals surface area contributed by atoms with E-state index in [4.69, 9.17) is 9.47 Å². The van der Waals surface area contributed by atoms with Crippen LogP contribution in [0.5, 0.6) is 5.75 Å². The summed E-state index contributed by atoms with van der Waals surface area (Å²) in [4.78, 5) is 16.7. The molecule has 1 aliphatic heterocycles. The van der Waals surface area contributed by atoms with Crippen molar-refractivity contribution in [3.63, 3.8) is 0 Å². The summed E-state index contributed by atoms with van der Waals surface area (Å²) in [7, 11) is 0. The molecule has 0 spiro atoms. The summed E-state index contributed by atoms with van der Waals surface area (Å²) in [6.07, 6.45) is 0. The van der Waals surface area contributed by atoms with Gasteiger partial charge in [0.25, 0.3) is 0 Å². The Bertz CT molecular complexity index is 531. The van der Waals surface area contributed by atoms with Gasteiger partial charge in [-0.15, -0.1) is 0 Å². The normalized spacial score (nSPS) is 15.0. The topological polar surface area (TPSA) is 66.1 Å². The Kier molecular flexibility index (Phi) is 9.23. The highest BCUT2D eigenvalue weighted by molar-refractivity contribution is 5.90. The molecular weight excluding hydrogens is 332 g/mol. The van der Waals surface area contributed by atoms with Gasteiger partial charge in [-0.25, -0.2) is 4.79 Å². The second-order valence-corrected chi connectivity index (χ2v) is 6.21. The summed E-state index contributed by atoms with van der Waals surface area (Å²) in [5, 5.41) is 5.78. The number of para-hydroxylation sites is 2. The smallest absolute Gasteiger partial charge is 0.319 e. The van der Waals surface area contributed by atoms with Gasteiger partial charge in [-0.1, -0.05) is 26.0 Å². The van der Waals surface area contributed by atoms with Crippen LogP contribution >= 0.6 is 0 Å². The summed E-state index contributed by atoms with van der Waals surface area (Å²) < 4.78 is 11.2. The number of rotatable bonds is 10. The number of carbonyl (C=O) groups is 1. The summed E-state index contributed by atoms with van der Waals surface area (Å²) in [6.45, 7) is 12.6. The lowest BCUT2D eigenvalue weighted by Crippen LogP contribution is -2.42. The molecule has 1 saturated heterocycles. The molecule has 1 heterocycles. The van der Waals surface area contributed by atoms with Gasteiger partial charge in [-0.05, 0) is 25.2 Å². The Labute approximate surface area is 156 Å². The third-order valence-electron chi connectivity index (χ3n) is 4.51. The van der Waals surface area contributed by atoms with Crippen LogP contribution in [-0.4, -0.2) is 81.5 Å². The minimum atomic E-state index is -0.210. The maximum atomic E-state index is 12.2. The first-order valence-corrected chi connectivity index (χ1v) is 9.52. The monoisotopic (exact) mass is 364 g/mol. The van der Waals surface area contributed by atoms with E-state index in [9.17, 15) is 4.79 Å². The zero-order valence-corrected chi connectivity index (χ0v) is 16.0. The van der Waals surface area contributed by atoms with E-state index in [-0.39, 0.29) is 6.03 Å². The van der Waals surface area contributed by atoms with E-state index in [0.717, 1.165) is 52.5 Å². The lowest BCUT2D eigenvalue weighted by molar-refractivity contribution is 0.0388. The van der Waals surface area contributed by atoms with Crippen LogP contribution in [0.2, 0.25) is 0 Å². The van der Waals surface area contributed by atoms with E-state index >= 15 is 0 Å². The third kappa shape index (κ3) is 7.19.